The van der Waals surface area contributed by atoms with E-state index in [0.717, 1.165) is 0 Å². The van der Waals surface area contributed by atoms with Crippen LogP contribution in [0.4, 0.5) is 17.2 Å². The summed E-state index contributed by atoms with van der Waals surface area (Å²) in [4.78, 5) is 4.06. The van der Waals surface area contributed by atoms with E-state index in [1.807, 2.05) is 6.92 Å². The van der Waals surface area contributed by atoms with Gasteiger partial charge in [0, 0.05) is 18.8 Å². The minimum Gasteiger partial charge on any atom is -0.397 e. The number of hydrogen-bond acceptors (Lipinski definition) is 5. The van der Waals surface area contributed by atoms with Crippen LogP contribution in [0.25, 0.3) is 0 Å². The summed E-state index contributed by atoms with van der Waals surface area (Å²) in [6.07, 6.45) is 2.25. The number of nitrogens with two attached hydrogens (primary N) is 2. The number of aliphatic hydroxyl groups excluding tert-OH is 1. The highest BCUT2D eigenvalue weighted by atomic mass is 16.3. The number of aromatic nitrogens is 1. The lowest BCUT2D eigenvalue weighted by atomic mass is 10.2. The van der Waals surface area contributed by atoms with Crippen LogP contribution in [-0.2, 0) is 0 Å². The van der Waals surface area contributed by atoms with E-state index in [9.17, 15) is 0 Å². The number of pyridine rings is 1. The first-order valence-electron chi connectivity index (χ1n) is 4.52. The molecule has 5 heteroatoms. The Morgan fingerprint density at radius 1 is 1.57 bits per heavy atom. The van der Waals surface area contributed by atoms with Gasteiger partial charge in [0.1, 0.15) is 0 Å². The number of rotatable bonds is 4. The maximum absolute atomic E-state index is 8.72. The molecular formula is C9H16N4O. The molecule has 1 unspecified atom stereocenters. The quantitative estimate of drug-likeness (QED) is 0.560. The number of anilines is 3. The monoisotopic (exact) mass is 196 g/mol. The molecule has 14 heavy (non-hydrogen) atoms. The highest BCUT2D eigenvalue weighted by Gasteiger charge is 2.06. The molecule has 0 amide bonds. The van der Waals surface area contributed by atoms with E-state index >= 15 is 0 Å². The van der Waals surface area contributed by atoms with Gasteiger partial charge in [-0.2, -0.15) is 0 Å². The summed E-state index contributed by atoms with van der Waals surface area (Å²) >= 11 is 0. The molecule has 1 rings (SSSR count). The van der Waals surface area contributed by atoms with E-state index in [1.165, 1.54) is 0 Å². The first-order chi connectivity index (χ1) is 6.65. The van der Waals surface area contributed by atoms with Crippen LogP contribution >= 0.6 is 0 Å². The zero-order valence-electron chi connectivity index (χ0n) is 8.20. The fourth-order valence-corrected chi connectivity index (χ4v) is 1.10. The number of aliphatic hydroxyl groups is 1. The van der Waals surface area contributed by atoms with Crippen LogP contribution in [0.2, 0.25) is 0 Å². The number of nitrogens with zero attached hydrogens (tertiary/aromatic N) is 1. The Balaban J connectivity index is 2.71. The van der Waals surface area contributed by atoms with E-state index in [1.54, 1.807) is 12.3 Å². The van der Waals surface area contributed by atoms with Gasteiger partial charge in [-0.15, -0.1) is 0 Å². The predicted octanol–water partition coefficient (Wildman–Crippen LogP) is 0.429. The maximum atomic E-state index is 8.72. The van der Waals surface area contributed by atoms with Crippen molar-refractivity contribution in [3.63, 3.8) is 0 Å². The largest absolute Gasteiger partial charge is 0.397 e. The lowest BCUT2D eigenvalue weighted by Gasteiger charge is -2.15. The lowest BCUT2D eigenvalue weighted by molar-refractivity contribution is 0.282. The van der Waals surface area contributed by atoms with Crippen molar-refractivity contribution in [3.8, 4) is 0 Å². The highest BCUT2D eigenvalue weighted by molar-refractivity contribution is 5.75. The van der Waals surface area contributed by atoms with Crippen molar-refractivity contribution in [1.82, 2.24) is 4.98 Å². The van der Waals surface area contributed by atoms with Crippen molar-refractivity contribution in [2.75, 3.05) is 23.4 Å². The van der Waals surface area contributed by atoms with Gasteiger partial charge in [-0.05, 0) is 19.4 Å². The normalized spacial score (nSPS) is 12.4. The average molecular weight is 196 g/mol. The molecule has 0 bridgehead atoms. The molecule has 6 N–H and O–H groups in total. The van der Waals surface area contributed by atoms with Crippen LogP contribution in [0.3, 0.4) is 0 Å². The molecule has 0 fully saturated rings. The first-order valence-corrected chi connectivity index (χ1v) is 4.52. The van der Waals surface area contributed by atoms with Crippen LogP contribution < -0.4 is 16.8 Å². The van der Waals surface area contributed by atoms with E-state index in [4.69, 9.17) is 16.6 Å². The summed E-state index contributed by atoms with van der Waals surface area (Å²) < 4.78 is 0. The molecule has 1 heterocycles. The number of nitrogen functional groups attached to an aromatic ring is 2. The summed E-state index contributed by atoms with van der Waals surface area (Å²) in [5.41, 5.74) is 12.3. The van der Waals surface area contributed by atoms with Crippen LogP contribution in [0.1, 0.15) is 13.3 Å². The van der Waals surface area contributed by atoms with Gasteiger partial charge in [0.2, 0.25) is 0 Å². The molecule has 0 saturated heterocycles. The summed E-state index contributed by atoms with van der Waals surface area (Å²) in [7, 11) is 0. The Morgan fingerprint density at radius 2 is 2.29 bits per heavy atom. The molecule has 0 aliphatic heterocycles. The fraction of sp³-hybridized carbons (Fsp3) is 0.444. The molecule has 0 saturated carbocycles. The molecule has 0 radical (unpaired) electrons. The van der Waals surface area contributed by atoms with Gasteiger partial charge in [-0.25, -0.2) is 4.98 Å². The van der Waals surface area contributed by atoms with Crippen molar-refractivity contribution in [2.45, 2.75) is 19.4 Å². The summed E-state index contributed by atoms with van der Waals surface area (Å²) in [6, 6.07) is 1.77. The van der Waals surface area contributed by atoms with Gasteiger partial charge in [0.15, 0.2) is 5.82 Å². The third-order valence-corrected chi connectivity index (χ3v) is 1.97. The minimum atomic E-state index is 0.122. The van der Waals surface area contributed by atoms with Crippen LogP contribution in [-0.4, -0.2) is 22.7 Å². The van der Waals surface area contributed by atoms with Crippen molar-refractivity contribution >= 4 is 17.2 Å². The summed E-state index contributed by atoms with van der Waals surface area (Å²) in [6.45, 7) is 2.08. The second-order valence-electron chi connectivity index (χ2n) is 3.22. The smallest absolute Gasteiger partial charge is 0.151 e. The van der Waals surface area contributed by atoms with Gasteiger partial charge >= 0.3 is 0 Å². The molecule has 1 aromatic rings. The Labute approximate surface area is 83.1 Å². The van der Waals surface area contributed by atoms with Crippen LogP contribution in [0.15, 0.2) is 12.3 Å². The zero-order valence-corrected chi connectivity index (χ0v) is 8.20. The lowest BCUT2D eigenvalue weighted by Crippen LogP contribution is -2.18. The van der Waals surface area contributed by atoms with Crippen LogP contribution in [0, 0.1) is 0 Å². The Bertz CT molecular complexity index is 303. The van der Waals surface area contributed by atoms with E-state index < -0.39 is 0 Å². The second-order valence-corrected chi connectivity index (χ2v) is 3.22. The van der Waals surface area contributed by atoms with Crippen LogP contribution in [0.5, 0.6) is 0 Å². The van der Waals surface area contributed by atoms with Gasteiger partial charge in [0.25, 0.3) is 0 Å². The summed E-state index contributed by atoms with van der Waals surface area (Å²) in [5.74, 6) is 0.575. The van der Waals surface area contributed by atoms with Crippen molar-refractivity contribution in [1.29, 1.82) is 0 Å². The maximum Gasteiger partial charge on any atom is 0.151 e. The molecule has 0 aliphatic carbocycles. The van der Waals surface area contributed by atoms with Gasteiger partial charge in [-0.1, -0.05) is 0 Å². The Morgan fingerprint density at radius 3 is 2.93 bits per heavy atom. The van der Waals surface area contributed by atoms with E-state index in [2.05, 4.69) is 10.3 Å². The van der Waals surface area contributed by atoms with E-state index in [0.29, 0.717) is 23.6 Å². The zero-order chi connectivity index (χ0) is 10.6. The third-order valence-electron chi connectivity index (χ3n) is 1.97. The predicted molar refractivity (Wildman–Crippen MR) is 57.8 cm³/mol. The molecule has 1 atom stereocenters. The third kappa shape index (κ3) is 2.50. The van der Waals surface area contributed by atoms with Crippen molar-refractivity contribution < 1.29 is 5.11 Å². The molecule has 1 aromatic heterocycles. The standard InChI is InChI=1S/C9H16N4O/c1-6(3-5-14)13-9-8(11)7(10)2-4-12-9/h2,4,6,14H,3,5,11H2,1H3,(H3,10,12,13). The summed E-state index contributed by atoms with van der Waals surface area (Å²) in [5, 5.41) is 11.8. The van der Waals surface area contributed by atoms with Gasteiger partial charge in [0.05, 0.1) is 11.4 Å². The molecule has 5 nitrogen and oxygen atoms in total. The Kier molecular flexibility index (Phi) is 3.53. The fourth-order valence-electron chi connectivity index (χ4n) is 1.10. The topological polar surface area (TPSA) is 97.2 Å². The molecule has 0 aliphatic rings. The number of hydrogen-bond donors (Lipinski definition) is 4. The van der Waals surface area contributed by atoms with E-state index in [-0.39, 0.29) is 12.6 Å². The molecular weight excluding hydrogens is 180 g/mol. The average Bonchev–Trinajstić information content (AvgIpc) is 2.13. The number of nitrogens with one attached hydrogen (secondary N) is 1. The van der Waals surface area contributed by atoms with Crippen molar-refractivity contribution in [3.05, 3.63) is 12.3 Å². The van der Waals surface area contributed by atoms with Gasteiger partial charge in [-0.3, -0.25) is 0 Å². The first kappa shape index (κ1) is 10.6. The SMILES string of the molecule is CC(CCO)Nc1nccc(N)c1N. The minimum absolute atomic E-state index is 0.122. The second kappa shape index (κ2) is 4.66. The highest BCUT2D eigenvalue weighted by Crippen LogP contribution is 2.22. The molecule has 0 aromatic carbocycles. The van der Waals surface area contributed by atoms with Gasteiger partial charge < -0.3 is 21.9 Å². The molecule has 78 valence electrons. The van der Waals surface area contributed by atoms with Crippen molar-refractivity contribution in [2.24, 2.45) is 0 Å². The molecule has 0 spiro atoms. The Hall–Kier alpha value is -1.49.